The maximum Gasteiger partial charge on any atom is 0.254 e. The van der Waals surface area contributed by atoms with Gasteiger partial charge in [0.1, 0.15) is 5.60 Å². The predicted molar refractivity (Wildman–Crippen MR) is 140 cm³/mol. The van der Waals surface area contributed by atoms with Crippen LogP contribution in [0.15, 0.2) is 35.5 Å². The number of aliphatic hydroxyl groups excluding tert-OH is 2. The monoisotopic (exact) mass is 485 g/mol. The van der Waals surface area contributed by atoms with Crippen molar-refractivity contribution in [3.05, 3.63) is 35.5 Å². The fourth-order valence-corrected chi connectivity index (χ4v) is 8.21. The SMILES string of the molecule is C=C1/C(=C\C=C2/CCC[C@]3(C)[C@@H]([C@H](C)C[C@@H]4C[C@@](C)(O)C(=O)N4C(C)C)CC[C@@H]23)C[C@@H](O)C[C@@H]1O. The average molecular weight is 486 g/mol. The van der Waals surface area contributed by atoms with Crippen LogP contribution in [0.5, 0.6) is 0 Å². The lowest BCUT2D eigenvalue weighted by molar-refractivity contribution is -0.143. The highest BCUT2D eigenvalue weighted by atomic mass is 16.3. The molecule has 4 rings (SSSR count). The molecule has 3 saturated carbocycles. The first kappa shape index (κ1) is 26.6. The molecule has 35 heavy (non-hydrogen) atoms. The highest BCUT2D eigenvalue weighted by Crippen LogP contribution is 2.60. The lowest BCUT2D eigenvalue weighted by Gasteiger charge is -2.45. The van der Waals surface area contributed by atoms with Crippen molar-refractivity contribution in [3.63, 3.8) is 0 Å². The van der Waals surface area contributed by atoms with Gasteiger partial charge in [0.05, 0.1) is 12.2 Å². The van der Waals surface area contributed by atoms with Gasteiger partial charge in [0.2, 0.25) is 0 Å². The van der Waals surface area contributed by atoms with Crippen LogP contribution in [-0.2, 0) is 4.79 Å². The molecule has 0 spiro atoms. The Morgan fingerprint density at radius 1 is 1.17 bits per heavy atom. The Morgan fingerprint density at radius 3 is 2.57 bits per heavy atom. The van der Waals surface area contributed by atoms with Crippen LogP contribution in [0, 0.1) is 23.2 Å². The summed E-state index contributed by atoms with van der Waals surface area (Å²) in [5.41, 5.74) is 2.24. The zero-order chi connectivity index (χ0) is 25.7. The molecule has 1 heterocycles. The lowest BCUT2D eigenvalue weighted by Crippen LogP contribution is -2.44. The Morgan fingerprint density at radius 2 is 1.89 bits per heavy atom. The smallest absolute Gasteiger partial charge is 0.254 e. The minimum absolute atomic E-state index is 0.101. The first-order chi connectivity index (χ1) is 16.3. The van der Waals surface area contributed by atoms with Crippen molar-refractivity contribution in [2.24, 2.45) is 23.2 Å². The summed E-state index contributed by atoms with van der Waals surface area (Å²) >= 11 is 0. The molecule has 3 aliphatic carbocycles. The minimum Gasteiger partial charge on any atom is -0.393 e. The molecule has 0 aromatic heterocycles. The second-order valence-electron chi connectivity index (χ2n) is 12.8. The number of rotatable bonds is 5. The van der Waals surface area contributed by atoms with E-state index in [2.05, 4.69) is 46.4 Å². The highest BCUT2D eigenvalue weighted by Gasteiger charge is 2.53. The molecule has 196 valence electrons. The standard InChI is InChI=1S/C30H47NO4/c1-18(2)31-23(17-30(6,35)28(31)34)14-19(3)25-11-12-26-21(8-7-13-29(25,26)5)9-10-22-15-24(32)16-27(33)20(22)4/h9-10,18-19,23-27,32-33,35H,4,7-8,11-17H2,1-3,5-6H3/b21-9+,22-10-/t19-,23-,24-,25-,26+,27+,29-,30-/m1/s1. The van der Waals surface area contributed by atoms with Crippen LogP contribution < -0.4 is 0 Å². The van der Waals surface area contributed by atoms with Crippen molar-refractivity contribution in [2.75, 3.05) is 0 Å². The molecule has 5 nitrogen and oxygen atoms in total. The first-order valence-electron chi connectivity index (χ1n) is 13.8. The Hall–Kier alpha value is -1.43. The van der Waals surface area contributed by atoms with Gasteiger partial charge in [-0.2, -0.15) is 0 Å². The zero-order valence-electron chi connectivity index (χ0n) is 22.5. The van der Waals surface area contributed by atoms with Gasteiger partial charge >= 0.3 is 0 Å². The Balaban J connectivity index is 1.50. The van der Waals surface area contributed by atoms with Crippen LogP contribution in [0.4, 0.5) is 0 Å². The van der Waals surface area contributed by atoms with E-state index in [4.69, 9.17) is 0 Å². The Bertz CT molecular complexity index is 902. The normalized spacial score (nSPS) is 43.5. The second kappa shape index (κ2) is 9.79. The number of likely N-dealkylation sites (tertiary alicyclic amines) is 1. The molecule has 1 saturated heterocycles. The number of aliphatic hydroxyl groups is 3. The van der Waals surface area contributed by atoms with Crippen molar-refractivity contribution < 1.29 is 20.1 Å². The third-order valence-corrected chi connectivity index (χ3v) is 9.91. The second-order valence-corrected chi connectivity index (χ2v) is 12.8. The number of carbonyl (C=O) groups excluding carboxylic acids is 1. The molecule has 1 aliphatic heterocycles. The molecule has 0 radical (unpaired) electrons. The molecule has 0 unspecified atom stereocenters. The van der Waals surface area contributed by atoms with Crippen molar-refractivity contribution in [1.82, 2.24) is 4.90 Å². The van der Waals surface area contributed by atoms with E-state index in [0.29, 0.717) is 37.0 Å². The van der Waals surface area contributed by atoms with Crippen LogP contribution in [0.1, 0.15) is 92.4 Å². The quantitative estimate of drug-likeness (QED) is 0.517. The summed E-state index contributed by atoms with van der Waals surface area (Å²) in [7, 11) is 0. The van der Waals surface area contributed by atoms with Gasteiger partial charge in [-0.05, 0) is 100 Å². The van der Waals surface area contributed by atoms with Crippen LogP contribution in [0.3, 0.4) is 0 Å². The summed E-state index contributed by atoms with van der Waals surface area (Å²) in [6, 6.07) is 0.207. The summed E-state index contributed by atoms with van der Waals surface area (Å²) in [4.78, 5) is 14.7. The number of fused-ring (bicyclic) bond motifs is 1. The van der Waals surface area contributed by atoms with E-state index in [9.17, 15) is 20.1 Å². The maximum absolute atomic E-state index is 12.8. The fraction of sp³-hybridized carbons (Fsp3) is 0.767. The van der Waals surface area contributed by atoms with Crippen LogP contribution in [-0.4, -0.2) is 56.0 Å². The number of nitrogens with zero attached hydrogens (tertiary/aromatic N) is 1. The van der Waals surface area contributed by atoms with E-state index in [1.165, 1.54) is 31.3 Å². The van der Waals surface area contributed by atoms with Crippen LogP contribution in [0.25, 0.3) is 0 Å². The van der Waals surface area contributed by atoms with Crippen molar-refractivity contribution in [3.8, 4) is 0 Å². The van der Waals surface area contributed by atoms with Gasteiger partial charge in [0.25, 0.3) is 5.91 Å². The third-order valence-electron chi connectivity index (χ3n) is 9.91. The number of hydrogen-bond acceptors (Lipinski definition) is 4. The van der Waals surface area contributed by atoms with Crippen LogP contribution >= 0.6 is 0 Å². The molecule has 3 N–H and O–H groups in total. The van der Waals surface area contributed by atoms with Gasteiger partial charge in [-0.25, -0.2) is 0 Å². The van der Waals surface area contributed by atoms with E-state index in [1.54, 1.807) is 6.92 Å². The number of allylic oxidation sites excluding steroid dienone is 3. The van der Waals surface area contributed by atoms with Crippen molar-refractivity contribution in [2.45, 2.75) is 122 Å². The van der Waals surface area contributed by atoms with Gasteiger partial charge in [-0.1, -0.05) is 38.2 Å². The largest absolute Gasteiger partial charge is 0.393 e. The van der Waals surface area contributed by atoms with Gasteiger partial charge in [-0.3, -0.25) is 4.79 Å². The third kappa shape index (κ3) is 4.93. The van der Waals surface area contributed by atoms with Gasteiger partial charge in [0.15, 0.2) is 0 Å². The van der Waals surface area contributed by atoms with E-state index >= 15 is 0 Å². The number of amides is 1. The maximum atomic E-state index is 12.8. The summed E-state index contributed by atoms with van der Waals surface area (Å²) in [6.45, 7) is 14.7. The molecule has 1 amide bonds. The fourth-order valence-electron chi connectivity index (χ4n) is 8.21. The van der Waals surface area contributed by atoms with Gasteiger partial charge in [0, 0.05) is 24.9 Å². The molecule has 0 aromatic rings. The molecule has 4 fully saturated rings. The summed E-state index contributed by atoms with van der Waals surface area (Å²) in [5.74, 6) is 1.53. The van der Waals surface area contributed by atoms with Gasteiger partial charge < -0.3 is 20.2 Å². The van der Waals surface area contributed by atoms with E-state index in [-0.39, 0.29) is 23.4 Å². The van der Waals surface area contributed by atoms with E-state index in [0.717, 1.165) is 24.0 Å². The topological polar surface area (TPSA) is 81.0 Å². The molecule has 0 bridgehead atoms. The van der Waals surface area contributed by atoms with Crippen LogP contribution in [0.2, 0.25) is 0 Å². The predicted octanol–water partition coefficient (Wildman–Crippen LogP) is 4.91. The van der Waals surface area contributed by atoms with E-state index in [1.807, 2.05) is 4.90 Å². The zero-order valence-corrected chi connectivity index (χ0v) is 22.5. The summed E-state index contributed by atoms with van der Waals surface area (Å²) in [6.07, 6.45) is 11.6. The van der Waals surface area contributed by atoms with Crippen molar-refractivity contribution >= 4 is 5.91 Å². The van der Waals surface area contributed by atoms with E-state index < -0.39 is 17.8 Å². The molecule has 0 aromatic carbocycles. The Labute approximate surface area is 212 Å². The number of carbonyl (C=O) groups is 1. The first-order valence-corrected chi connectivity index (χ1v) is 13.8. The summed E-state index contributed by atoms with van der Waals surface area (Å²) in [5, 5.41) is 31.0. The highest BCUT2D eigenvalue weighted by molar-refractivity contribution is 5.87. The van der Waals surface area contributed by atoms with Crippen molar-refractivity contribution in [1.29, 1.82) is 0 Å². The Kier molecular flexibility index (Phi) is 7.45. The molecule has 4 aliphatic rings. The molecule has 8 atom stereocenters. The number of hydrogen-bond donors (Lipinski definition) is 3. The average Bonchev–Trinajstić information content (AvgIpc) is 3.22. The molecular weight excluding hydrogens is 438 g/mol. The molecular formula is C30H47NO4. The lowest BCUT2D eigenvalue weighted by atomic mass is 9.60. The summed E-state index contributed by atoms with van der Waals surface area (Å²) < 4.78 is 0. The van der Waals surface area contributed by atoms with Gasteiger partial charge in [-0.15, -0.1) is 0 Å². The minimum atomic E-state index is -1.24. The molecule has 5 heteroatoms.